The van der Waals surface area contributed by atoms with Crippen molar-refractivity contribution in [2.24, 2.45) is 17.4 Å². The number of hydrogen-bond acceptors (Lipinski definition) is 9. The van der Waals surface area contributed by atoms with Gasteiger partial charge in [-0.05, 0) is 91.5 Å². The molecule has 0 heterocycles. The molecule has 0 aliphatic heterocycles. The summed E-state index contributed by atoms with van der Waals surface area (Å²) in [6.07, 6.45) is 0.650. The zero-order valence-electron chi connectivity index (χ0n) is 32.4. The lowest BCUT2D eigenvalue weighted by molar-refractivity contribution is -0.132. The molecule has 3 atom stereocenters. The average Bonchev–Trinajstić information content (AvgIpc) is 3.04. The Balaban J connectivity index is 2.87. The number of likely N-dealkylation sites (N-methyl/N-ethyl adjacent to an activating group) is 2. The standard InChI is InChI=1S/C36H64N8O7/c1-24(2)30(42-29(45)17-18-36(7,8)51-22-25(3)37)32(47)41-28(12-11-19-39-33(38)48)31(46)40-27-15-13-26(14-16-27)23-50-34(49)43(9)20-21-44(10)35(4,5)6/h13-16,24-25,28,30H,11-12,17-23,37H2,1-10H3,(H,40,46)(H,41,47)(H,42,45)(H3,38,39,48)/t25?,28-,30?/m0/s1. The summed E-state index contributed by atoms with van der Waals surface area (Å²) < 4.78 is 11.3. The van der Waals surface area contributed by atoms with E-state index in [1.807, 2.05) is 27.8 Å². The van der Waals surface area contributed by atoms with Gasteiger partial charge in [0, 0.05) is 50.4 Å². The number of anilines is 1. The van der Waals surface area contributed by atoms with Gasteiger partial charge in [-0.15, -0.1) is 0 Å². The number of nitrogens with two attached hydrogens (primary N) is 2. The lowest BCUT2D eigenvalue weighted by atomic mass is 9.99. The first-order valence-electron chi connectivity index (χ1n) is 17.6. The molecule has 15 heteroatoms. The van der Waals surface area contributed by atoms with E-state index in [4.69, 9.17) is 20.9 Å². The normalized spacial score (nSPS) is 13.6. The third-order valence-electron chi connectivity index (χ3n) is 8.37. The molecule has 2 unspecified atom stereocenters. The zero-order valence-corrected chi connectivity index (χ0v) is 32.4. The fourth-order valence-electron chi connectivity index (χ4n) is 4.57. The number of ether oxygens (including phenoxy) is 2. The first-order chi connectivity index (χ1) is 23.6. The van der Waals surface area contributed by atoms with E-state index < -0.39 is 41.6 Å². The van der Waals surface area contributed by atoms with Gasteiger partial charge in [0.15, 0.2) is 0 Å². The monoisotopic (exact) mass is 720 g/mol. The third kappa shape index (κ3) is 18.7. The Morgan fingerprint density at radius 3 is 2.08 bits per heavy atom. The van der Waals surface area contributed by atoms with Crippen LogP contribution in [0.4, 0.5) is 15.3 Å². The van der Waals surface area contributed by atoms with Crippen LogP contribution in [-0.2, 0) is 30.5 Å². The number of carbonyl (C=O) groups is 5. The number of nitrogens with zero attached hydrogens (tertiary/aromatic N) is 2. The molecule has 0 saturated heterocycles. The van der Waals surface area contributed by atoms with Crippen molar-refractivity contribution >= 4 is 35.5 Å². The van der Waals surface area contributed by atoms with Crippen molar-refractivity contribution in [2.75, 3.05) is 45.7 Å². The van der Waals surface area contributed by atoms with Crippen LogP contribution in [0.3, 0.4) is 0 Å². The minimum absolute atomic E-state index is 0.0124. The summed E-state index contributed by atoms with van der Waals surface area (Å²) in [7, 11) is 3.70. The molecule has 0 bridgehead atoms. The third-order valence-corrected chi connectivity index (χ3v) is 8.37. The highest BCUT2D eigenvalue weighted by molar-refractivity contribution is 5.98. The predicted octanol–water partition coefficient (Wildman–Crippen LogP) is 2.92. The number of urea groups is 1. The van der Waals surface area contributed by atoms with Gasteiger partial charge in [-0.1, -0.05) is 26.0 Å². The fraction of sp³-hybridized carbons (Fsp3) is 0.694. The Morgan fingerprint density at radius 2 is 1.53 bits per heavy atom. The smallest absolute Gasteiger partial charge is 0.409 e. The molecule has 1 aromatic rings. The summed E-state index contributed by atoms with van der Waals surface area (Å²) >= 11 is 0. The maximum atomic E-state index is 13.5. The summed E-state index contributed by atoms with van der Waals surface area (Å²) in [6, 6.07) is 4.10. The quantitative estimate of drug-likeness (QED) is 0.103. The highest BCUT2D eigenvalue weighted by Gasteiger charge is 2.30. The molecule has 15 nitrogen and oxygen atoms in total. The van der Waals surface area contributed by atoms with E-state index in [-0.39, 0.29) is 49.4 Å². The molecule has 0 aliphatic carbocycles. The molecule has 6 amide bonds. The van der Waals surface area contributed by atoms with E-state index in [1.54, 1.807) is 45.2 Å². The van der Waals surface area contributed by atoms with Gasteiger partial charge >= 0.3 is 12.1 Å². The molecule has 1 rings (SSSR count). The number of amides is 6. The van der Waals surface area contributed by atoms with Gasteiger partial charge in [0.1, 0.15) is 18.7 Å². The van der Waals surface area contributed by atoms with Gasteiger partial charge in [0.2, 0.25) is 17.7 Å². The Kier molecular flexibility index (Phi) is 18.9. The lowest BCUT2D eigenvalue weighted by Crippen LogP contribution is -2.54. The lowest BCUT2D eigenvalue weighted by Gasteiger charge is -2.33. The summed E-state index contributed by atoms with van der Waals surface area (Å²) in [4.78, 5) is 67.1. The van der Waals surface area contributed by atoms with Crippen LogP contribution in [0.25, 0.3) is 0 Å². The van der Waals surface area contributed by atoms with Crippen molar-refractivity contribution in [2.45, 2.75) is 117 Å². The largest absolute Gasteiger partial charge is 0.445 e. The number of nitrogens with one attached hydrogen (secondary N) is 4. The van der Waals surface area contributed by atoms with Crippen molar-refractivity contribution in [1.29, 1.82) is 0 Å². The zero-order chi connectivity index (χ0) is 38.9. The first kappa shape index (κ1) is 45.1. The maximum Gasteiger partial charge on any atom is 0.409 e. The minimum Gasteiger partial charge on any atom is -0.445 e. The van der Waals surface area contributed by atoms with Crippen LogP contribution in [-0.4, -0.2) is 109 Å². The number of hydrogen-bond donors (Lipinski definition) is 6. The number of primary amides is 1. The van der Waals surface area contributed by atoms with Crippen molar-refractivity contribution in [3.05, 3.63) is 29.8 Å². The van der Waals surface area contributed by atoms with Crippen molar-refractivity contribution in [3.8, 4) is 0 Å². The Bertz CT molecular complexity index is 1270. The summed E-state index contributed by atoms with van der Waals surface area (Å²) in [5.74, 6) is -1.59. The van der Waals surface area contributed by atoms with Crippen molar-refractivity contribution in [3.63, 3.8) is 0 Å². The van der Waals surface area contributed by atoms with Crippen LogP contribution in [0.2, 0.25) is 0 Å². The van der Waals surface area contributed by atoms with Crippen LogP contribution < -0.4 is 32.7 Å². The second-order valence-electron chi connectivity index (χ2n) is 15.1. The average molecular weight is 721 g/mol. The number of rotatable bonds is 21. The molecule has 1 aromatic carbocycles. The molecule has 0 radical (unpaired) electrons. The molecule has 8 N–H and O–H groups in total. The van der Waals surface area contributed by atoms with Crippen LogP contribution in [0.5, 0.6) is 0 Å². The molecule has 290 valence electrons. The van der Waals surface area contributed by atoms with E-state index in [1.165, 1.54) is 4.90 Å². The van der Waals surface area contributed by atoms with Crippen LogP contribution in [0.1, 0.15) is 86.6 Å². The first-order valence-corrected chi connectivity index (χ1v) is 17.6. The summed E-state index contributed by atoms with van der Waals surface area (Å²) in [5.41, 5.74) is 11.6. The van der Waals surface area contributed by atoms with Gasteiger partial charge < -0.3 is 47.1 Å². The summed E-state index contributed by atoms with van der Waals surface area (Å²) in [5, 5.41) is 10.9. The second-order valence-corrected chi connectivity index (χ2v) is 15.1. The maximum absolute atomic E-state index is 13.5. The molecule has 0 aliphatic rings. The summed E-state index contributed by atoms with van der Waals surface area (Å²) in [6.45, 7) is 17.3. The predicted molar refractivity (Wildman–Crippen MR) is 199 cm³/mol. The number of carbonyl (C=O) groups excluding carboxylic acids is 5. The molecule has 0 spiro atoms. The van der Waals surface area contributed by atoms with E-state index in [9.17, 15) is 24.0 Å². The van der Waals surface area contributed by atoms with Crippen molar-refractivity contribution < 1.29 is 33.4 Å². The molecule has 0 aromatic heterocycles. The van der Waals surface area contributed by atoms with E-state index >= 15 is 0 Å². The van der Waals surface area contributed by atoms with Crippen LogP contribution in [0.15, 0.2) is 24.3 Å². The highest BCUT2D eigenvalue weighted by atomic mass is 16.6. The highest BCUT2D eigenvalue weighted by Crippen LogP contribution is 2.18. The Hall–Kier alpha value is -3.95. The van der Waals surface area contributed by atoms with Gasteiger partial charge in [-0.3, -0.25) is 19.3 Å². The molecule has 51 heavy (non-hydrogen) atoms. The van der Waals surface area contributed by atoms with Gasteiger partial charge in [0.05, 0.1) is 12.2 Å². The van der Waals surface area contributed by atoms with E-state index in [2.05, 4.69) is 46.9 Å². The minimum atomic E-state index is -0.982. The topological polar surface area (TPSA) is 210 Å². The molecule has 0 saturated carbocycles. The van der Waals surface area contributed by atoms with E-state index in [0.29, 0.717) is 38.2 Å². The second kappa shape index (κ2) is 21.4. The van der Waals surface area contributed by atoms with Gasteiger partial charge in [-0.2, -0.15) is 0 Å². The van der Waals surface area contributed by atoms with Gasteiger partial charge in [-0.25, -0.2) is 9.59 Å². The van der Waals surface area contributed by atoms with Crippen LogP contribution >= 0.6 is 0 Å². The molecular formula is C36H64N8O7. The van der Waals surface area contributed by atoms with Gasteiger partial charge in [0.25, 0.3) is 0 Å². The number of benzene rings is 1. The molecule has 0 fully saturated rings. The van der Waals surface area contributed by atoms with Crippen LogP contribution in [0, 0.1) is 5.92 Å². The molecular weight excluding hydrogens is 656 g/mol. The Morgan fingerprint density at radius 1 is 0.902 bits per heavy atom. The van der Waals surface area contributed by atoms with Crippen molar-refractivity contribution in [1.82, 2.24) is 25.8 Å². The fourth-order valence-corrected chi connectivity index (χ4v) is 4.57. The van der Waals surface area contributed by atoms with E-state index in [0.717, 1.165) is 5.56 Å². The SMILES string of the molecule is CC(N)COC(C)(C)CCC(=O)NC(C(=O)N[C@@H](CCCNC(N)=O)C(=O)Nc1ccc(COC(=O)N(C)CCN(C)C(C)(C)C)cc1)C(C)C. The Labute approximate surface area is 304 Å².